The molecule has 0 atom stereocenters. The van der Waals surface area contributed by atoms with Crippen molar-refractivity contribution in [3.05, 3.63) is 24.3 Å². The van der Waals surface area contributed by atoms with Crippen molar-refractivity contribution >= 4 is 11.6 Å². The van der Waals surface area contributed by atoms with Crippen molar-refractivity contribution in [3.8, 4) is 5.75 Å². The predicted molar refractivity (Wildman–Crippen MR) is 86.7 cm³/mol. The molecule has 3 nitrogen and oxygen atoms in total. The molecule has 116 valence electrons. The third kappa shape index (κ3) is 5.78. The summed E-state index contributed by atoms with van der Waals surface area (Å²) >= 11 is 0. The Labute approximate surface area is 128 Å². The van der Waals surface area contributed by atoms with Crippen LogP contribution in [-0.2, 0) is 4.79 Å². The minimum atomic E-state index is 0.128. The average molecular weight is 289 g/mol. The molecule has 0 spiro atoms. The number of nitrogens with one attached hydrogen (secondary N) is 1. The number of carbonyl (C=O) groups excluding carboxylic acids is 1. The van der Waals surface area contributed by atoms with Crippen LogP contribution in [0.1, 0.15) is 58.3 Å². The minimum absolute atomic E-state index is 0.128. The van der Waals surface area contributed by atoms with Crippen LogP contribution in [0.3, 0.4) is 0 Å². The van der Waals surface area contributed by atoms with E-state index in [1.54, 1.807) is 0 Å². The summed E-state index contributed by atoms with van der Waals surface area (Å²) in [5, 5.41) is 2.97. The highest BCUT2D eigenvalue weighted by molar-refractivity contribution is 5.90. The van der Waals surface area contributed by atoms with Crippen LogP contribution >= 0.6 is 0 Å². The monoisotopic (exact) mass is 289 g/mol. The van der Waals surface area contributed by atoms with Crippen LogP contribution in [0, 0.1) is 5.92 Å². The van der Waals surface area contributed by atoms with Gasteiger partial charge in [0, 0.05) is 12.1 Å². The Morgan fingerprint density at radius 1 is 1.19 bits per heavy atom. The molecular weight excluding hydrogens is 262 g/mol. The van der Waals surface area contributed by atoms with Crippen molar-refractivity contribution in [2.75, 3.05) is 11.9 Å². The van der Waals surface area contributed by atoms with E-state index in [-0.39, 0.29) is 5.91 Å². The zero-order valence-electron chi connectivity index (χ0n) is 13.1. The molecule has 0 radical (unpaired) electrons. The van der Waals surface area contributed by atoms with Gasteiger partial charge in [-0.3, -0.25) is 4.79 Å². The number of amides is 1. The lowest BCUT2D eigenvalue weighted by Gasteiger charge is -2.21. The van der Waals surface area contributed by atoms with Crippen LogP contribution in [0.2, 0.25) is 0 Å². The maximum Gasteiger partial charge on any atom is 0.224 e. The molecule has 0 unspecified atom stereocenters. The average Bonchev–Trinajstić information content (AvgIpc) is 2.53. The summed E-state index contributed by atoms with van der Waals surface area (Å²) in [6, 6.07) is 7.63. The third-order valence-electron chi connectivity index (χ3n) is 4.12. The predicted octanol–water partition coefficient (Wildman–Crippen LogP) is 4.77. The Morgan fingerprint density at radius 3 is 2.57 bits per heavy atom. The first-order valence-corrected chi connectivity index (χ1v) is 8.30. The molecule has 0 aliphatic heterocycles. The Bertz CT molecular complexity index is 421. The summed E-state index contributed by atoms with van der Waals surface area (Å²) in [5.74, 6) is 1.74. The Balaban J connectivity index is 1.71. The van der Waals surface area contributed by atoms with Gasteiger partial charge in [0.2, 0.25) is 5.91 Å². The number of rotatable bonds is 7. The molecule has 0 saturated heterocycles. The van der Waals surface area contributed by atoms with Crippen molar-refractivity contribution in [2.24, 2.45) is 5.92 Å². The van der Waals surface area contributed by atoms with Gasteiger partial charge >= 0.3 is 0 Å². The molecule has 1 amide bonds. The lowest BCUT2D eigenvalue weighted by molar-refractivity contribution is -0.116. The maximum atomic E-state index is 12.0. The van der Waals surface area contributed by atoms with E-state index in [1.807, 2.05) is 24.3 Å². The highest BCUT2D eigenvalue weighted by Gasteiger charge is 2.14. The fraction of sp³-hybridized carbons (Fsp3) is 0.611. The fourth-order valence-corrected chi connectivity index (χ4v) is 2.89. The second-order valence-corrected chi connectivity index (χ2v) is 5.96. The molecule has 1 aliphatic rings. The van der Waals surface area contributed by atoms with Gasteiger partial charge in [0.05, 0.1) is 6.61 Å². The zero-order chi connectivity index (χ0) is 14.9. The van der Waals surface area contributed by atoms with Gasteiger partial charge in [-0.1, -0.05) is 39.0 Å². The quantitative estimate of drug-likeness (QED) is 0.785. The van der Waals surface area contributed by atoms with Crippen LogP contribution in [0.4, 0.5) is 5.69 Å². The molecule has 1 N–H and O–H groups in total. The third-order valence-corrected chi connectivity index (χ3v) is 4.12. The van der Waals surface area contributed by atoms with Crippen LogP contribution in [-0.4, -0.2) is 12.5 Å². The second-order valence-electron chi connectivity index (χ2n) is 5.96. The highest BCUT2D eigenvalue weighted by atomic mass is 16.5. The summed E-state index contributed by atoms with van der Waals surface area (Å²) in [6.45, 7) is 2.81. The molecule has 0 aromatic heterocycles. The molecule has 1 aliphatic carbocycles. The topological polar surface area (TPSA) is 38.3 Å². The van der Waals surface area contributed by atoms with Gasteiger partial charge in [0.25, 0.3) is 0 Å². The van der Waals surface area contributed by atoms with E-state index in [4.69, 9.17) is 4.74 Å². The van der Waals surface area contributed by atoms with Gasteiger partial charge in [-0.25, -0.2) is 0 Å². The van der Waals surface area contributed by atoms with Gasteiger partial charge in [0.1, 0.15) is 5.75 Å². The first-order chi connectivity index (χ1) is 10.3. The Kier molecular flexibility index (Phi) is 6.58. The van der Waals surface area contributed by atoms with Crippen LogP contribution in [0.15, 0.2) is 24.3 Å². The molecule has 3 heteroatoms. The summed E-state index contributed by atoms with van der Waals surface area (Å²) in [6.07, 6.45) is 9.32. The minimum Gasteiger partial charge on any atom is -0.494 e. The molecule has 0 bridgehead atoms. The summed E-state index contributed by atoms with van der Waals surface area (Å²) in [4.78, 5) is 12.0. The molecule has 0 heterocycles. The van der Waals surface area contributed by atoms with Gasteiger partial charge in [-0.05, 0) is 43.0 Å². The molecule has 21 heavy (non-hydrogen) atoms. The standard InChI is InChI=1S/C18H27NO2/c1-2-14-21-17-11-9-16(10-12-17)19-18(20)13-8-15-6-4-3-5-7-15/h9-12,15H,2-8,13-14H2,1H3,(H,19,20). The molecule has 1 aromatic rings. The largest absolute Gasteiger partial charge is 0.494 e. The first-order valence-electron chi connectivity index (χ1n) is 8.30. The van der Waals surface area contributed by atoms with Gasteiger partial charge in [0.15, 0.2) is 0 Å². The Hall–Kier alpha value is -1.51. The van der Waals surface area contributed by atoms with Crippen LogP contribution in [0.25, 0.3) is 0 Å². The number of anilines is 1. The zero-order valence-corrected chi connectivity index (χ0v) is 13.1. The summed E-state index contributed by atoms with van der Waals surface area (Å²) < 4.78 is 5.53. The summed E-state index contributed by atoms with van der Waals surface area (Å²) in [7, 11) is 0. The van der Waals surface area contributed by atoms with Gasteiger partial charge in [-0.15, -0.1) is 0 Å². The first kappa shape index (κ1) is 15.9. The van der Waals surface area contributed by atoms with E-state index >= 15 is 0 Å². The van der Waals surface area contributed by atoms with E-state index in [1.165, 1.54) is 32.1 Å². The molecular formula is C18H27NO2. The second kappa shape index (κ2) is 8.71. The van der Waals surface area contributed by atoms with E-state index in [0.717, 1.165) is 36.8 Å². The van der Waals surface area contributed by atoms with Gasteiger partial charge < -0.3 is 10.1 Å². The molecule has 1 saturated carbocycles. The van der Waals surface area contributed by atoms with Crippen molar-refractivity contribution < 1.29 is 9.53 Å². The van der Waals surface area contributed by atoms with E-state index in [0.29, 0.717) is 6.42 Å². The van der Waals surface area contributed by atoms with Crippen molar-refractivity contribution in [1.82, 2.24) is 0 Å². The van der Waals surface area contributed by atoms with E-state index in [9.17, 15) is 4.79 Å². The van der Waals surface area contributed by atoms with Crippen LogP contribution in [0.5, 0.6) is 5.75 Å². The van der Waals surface area contributed by atoms with Crippen molar-refractivity contribution in [1.29, 1.82) is 0 Å². The van der Waals surface area contributed by atoms with Crippen LogP contribution < -0.4 is 10.1 Å². The lowest BCUT2D eigenvalue weighted by Crippen LogP contribution is -2.14. The maximum absolute atomic E-state index is 12.0. The number of benzene rings is 1. The SMILES string of the molecule is CCCOc1ccc(NC(=O)CCC2CCCCC2)cc1. The van der Waals surface area contributed by atoms with Gasteiger partial charge in [-0.2, -0.15) is 0 Å². The number of hydrogen-bond acceptors (Lipinski definition) is 2. The van der Waals surface area contributed by atoms with E-state index < -0.39 is 0 Å². The smallest absolute Gasteiger partial charge is 0.224 e. The molecule has 1 aromatic carbocycles. The number of hydrogen-bond donors (Lipinski definition) is 1. The summed E-state index contributed by atoms with van der Waals surface area (Å²) in [5.41, 5.74) is 0.854. The van der Waals surface area contributed by atoms with E-state index in [2.05, 4.69) is 12.2 Å². The fourth-order valence-electron chi connectivity index (χ4n) is 2.89. The number of carbonyl (C=O) groups is 1. The lowest BCUT2D eigenvalue weighted by atomic mass is 9.86. The number of ether oxygens (including phenoxy) is 1. The molecule has 2 rings (SSSR count). The normalized spacial score (nSPS) is 15.7. The van der Waals surface area contributed by atoms with Crippen molar-refractivity contribution in [2.45, 2.75) is 58.3 Å². The van der Waals surface area contributed by atoms with Crippen molar-refractivity contribution in [3.63, 3.8) is 0 Å². The highest BCUT2D eigenvalue weighted by Crippen LogP contribution is 2.27. The molecule has 1 fully saturated rings. The Morgan fingerprint density at radius 2 is 1.90 bits per heavy atom.